The van der Waals surface area contributed by atoms with Gasteiger partial charge in [0, 0.05) is 22.3 Å². The highest BCUT2D eigenvalue weighted by Crippen LogP contribution is 2.36. The standard InChI is InChI=1S/C21H18ClN5O2/c1-28-15-5-6-18-16(10-15)20(17(11-23)21(26-18)29-8-2-7-22)25-14-4-3-13-12-24-27-19(13)9-14/h3-6,9-10,12H,2,7-8H2,1H3,(H,24,27)(H,25,26). The lowest BCUT2D eigenvalue weighted by Gasteiger charge is -2.16. The first-order valence-corrected chi connectivity index (χ1v) is 9.57. The molecule has 0 aliphatic heterocycles. The van der Waals surface area contributed by atoms with E-state index in [0.717, 1.165) is 22.0 Å². The Morgan fingerprint density at radius 3 is 2.93 bits per heavy atom. The van der Waals surface area contributed by atoms with Crippen LogP contribution in [0.2, 0.25) is 0 Å². The number of hydrogen-bond donors (Lipinski definition) is 2. The van der Waals surface area contributed by atoms with E-state index in [1.165, 1.54) is 0 Å². The molecule has 4 rings (SSSR count). The Hall–Kier alpha value is -3.50. The average Bonchev–Trinajstić information content (AvgIpc) is 3.21. The normalized spacial score (nSPS) is 10.8. The number of alkyl halides is 1. The Morgan fingerprint density at radius 2 is 2.14 bits per heavy atom. The van der Waals surface area contributed by atoms with Crippen LogP contribution in [0.1, 0.15) is 12.0 Å². The smallest absolute Gasteiger partial charge is 0.234 e. The molecule has 8 heteroatoms. The number of nitrogens with one attached hydrogen (secondary N) is 2. The van der Waals surface area contributed by atoms with E-state index in [-0.39, 0.29) is 5.88 Å². The van der Waals surface area contributed by atoms with E-state index >= 15 is 0 Å². The van der Waals surface area contributed by atoms with Crippen molar-refractivity contribution in [3.63, 3.8) is 0 Å². The Bertz CT molecular complexity index is 1220. The van der Waals surface area contributed by atoms with E-state index in [1.54, 1.807) is 13.3 Å². The molecule has 7 nitrogen and oxygen atoms in total. The van der Waals surface area contributed by atoms with Crippen molar-refractivity contribution in [1.29, 1.82) is 5.26 Å². The van der Waals surface area contributed by atoms with Gasteiger partial charge in [-0.2, -0.15) is 10.4 Å². The molecule has 2 N–H and O–H groups in total. The first-order valence-electron chi connectivity index (χ1n) is 9.04. The first kappa shape index (κ1) is 18.8. The molecule has 0 saturated carbocycles. The van der Waals surface area contributed by atoms with E-state index < -0.39 is 0 Å². The van der Waals surface area contributed by atoms with E-state index in [1.807, 2.05) is 36.4 Å². The van der Waals surface area contributed by atoms with Crippen LogP contribution in [0.3, 0.4) is 0 Å². The third-order valence-electron chi connectivity index (χ3n) is 4.50. The summed E-state index contributed by atoms with van der Waals surface area (Å²) < 4.78 is 11.1. The maximum atomic E-state index is 9.87. The number of benzene rings is 2. The summed E-state index contributed by atoms with van der Waals surface area (Å²) in [6, 6.07) is 13.6. The van der Waals surface area contributed by atoms with Gasteiger partial charge in [-0.05, 0) is 42.8 Å². The van der Waals surface area contributed by atoms with Crippen molar-refractivity contribution in [2.45, 2.75) is 6.42 Å². The van der Waals surface area contributed by atoms with Crippen LogP contribution in [-0.4, -0.2) is 34.8 Å². The summed E-state index contributed by atoms with van der Waals surface area (Å²) in [6.45, 7) is 0.381. The lowest BCUT2D eigenvalue weighted by molar-refractivity contribution is 0.306. The molecule has 0 saturated heterocycles. The maximum Gasteiger partial charge on any atom is 0.234 e. The van der Waals surface area contributed by atoms with E-state index in [0.29, 0.717) is 41.4 Å². The predicted octanol–water partition coefficient (Wildman–Crippen LogP) is 4.74. The predicted molar refractivity (Wildman–Crippen MR) is 113 cm³/mol. The molecular weight excluding hydrogens is 390 g/mol. The zero-order chi connectivity index (χ0) is 20.2. The third kappa shape index (κ3) is 3.75. The lowest BCUT2D eigenvalue weighted by Crippen LogP contribution is -2.05. The van der Waals surface area contributed by atoms with Gasteiger partial charge in [-0.25, -0.2) is 4.98 Å². The monoisotopic (exact) mass is 407 g/mol. The summed E-state index contributed by atoms with van der Waals surface area (Å²) in [5.41, 5.74) is 3.32. The summed E-state index contributed by atoms with van der Waals surface area (Å²) in [5.74, 6) is 1.42. The molecule has 2 aromatic carbocycles. The number of nitriles is 1. The van der Waals surface area contributed by atoms with Crippen LogP contribution < -0.4 is 14.8 Å². The highest BCUT2D eigenvalue weighted by molar-refractivity contribution is 6.17. The number of ether oxygens (including phenoxy) is 2. The molecule has 146 valence electrons. The average molecular weight is 408 g/mol. The zero-order valence-electron chi connectivity index (χ0n) is 15.7. The van der Waals surface area contributed by atoms with E-state index in [2.05, 4.69) is 26.6 Å². The molecule has 2 heterocycles. The molecule has 0 unspecified atom stereocenters. The Morgan fingerprint density at radius 1 is 1.24 bits per heavy atom. The number of nitrogens with zero attached hydrogens (tertiary/aromatic N) is 3. The largest absolute Gasteiger partial charge is 0.497 e. The molecule has 29 heavy (non-hydrogen) atoms. The molecular formula is C21H18ClN5O2. The van der Waals surface area contributed by atoms with Crippen LogP contribution in [-0.2, 0) is 0 Å². The first-order chi connectivity index (χ1) is 14.2. The van der Waals surface area contributed by atoms with Crippen LogP contribution in [0.5, 0.6) is 11.6 Å². The number of aromatic amines is 1. The minimum atomic E-state index is 0.278. The minimum Gasteiger partial charge on any atom is -0.497 e. The maximum absolute atomic E-state index is 9.87. The van der Waals surface area contributed by atoms with Gasteiger partial charge in [-0.15, -0.1) is 11.6 Å². The zero-order valence-corrected chi connectivity index (χ0v) is 16.5. The van der Waals surface area contributed by atoms with Crippen molar-refractivity contribution in [2.75, 3.05) is 24.9 Å². The number of halogens is 1. The topological polar surface area (TPSA) is 95.8 Å². The lowest BCUT2D eigenvalue weighted by atomic mass is 10.1. The van der Waals surface area contributed by atoms with Gasteiger partial charge >= 0.3 is 0 Å². The fraction of sp³-hybridized carbons (Fsp3) is 0.190. The second-order valence-corrected chi connectivity index (χ2v) is 6.73. The van der Waals surface area contributed by atoms with Gasteiger partial charge in [0.2, 0.25) is 5.88 Å². The van der Waals surface area contributed by atoms with Crippen molar-refractivity contribution >= 4 is 44.8 Å². The number of pyridine rings is 1. The minimum absolute atomic E-state index is 0.278. The van der Waals surface area contributed by atoms with Crippen LogP contribution in [0.25, 0.3) is 21.8 Å². The van der Waals surface area contributed by atoms with Gasteiger partial charge in [-0.1, -0.05) is 0 Å². The number of fused-ring (bicyclic) bond motifs is 2. The van der Waals surface area contributed by atoms with Gasteiger partial charge in [0.1, 0.15) is 17.4 Å². The van der Waals surface area contributed by atoms with Gasteiger partial charge < -0.3 is 14.8 Å². The van der Waals surface area contributed by atoms with Gasteiger partial charge in [0.25, 0.3) is 0 Å². The van der Waals surface area contributed by atoms with Crippen LogP contribution >= 0.6 is 11.6 Å². The number of anilines is 2. The molecule has 0 radical (unpaired) electrons. The number of H-pyrrole nitrogens is 1. The van der Waals surface area contributed by atoms with Crippen LogP contribution in [0, 0.1) is 11.3 Å². The summed E-state index contributed by atoms with van der Waals surface area (Å²) >= 11 is 5.75. The van der Waals surface area contributed by atoms with Crippen molar-refractivity contribution in [1.82, 2.24) is 15.2 Å². The van der Waals surface area contributed by atoms with Gasteiger partial charge in [0.05, 0.1) is 36.6 Å². The Kier molecular flexibility index (Phi) is 5.36. The van der Waals surface area contributed by atoms with Crippen molar-refractivity contribution in [3.05, 3.63) is 48.2 Å². The number of aromatic nitrogens is 3. The SMILES string of the molecule is COc1ccc2nc(OCCCCl)c(C#N)c(Nc3ccc4cn[nH]c4c3)c2c1. The van der Waals surface area contributed by atoms with Gasteiger partial charge in [-0.3, -0.25) is 5.10 Å². The highest BCUT2D eigenvalue weighted by atomic mass is 35.5. The van der Waals surface area contributed by atoms with Crippen molar-refractivity contribution in [2.24, 2.45) is 0 Å². The summed E-state index contributed by atoms with van der Waals surface area (Å²) in [7, 11) is 1.60. The number of rotatable bonds is 7. The molecule has 0 spiro atoms. The quantitative estimate of drug-likeness (QED) is 0.339. The molecule has 4 aromatic rings. The number of hydrogen-bond acceptors (Lipinski definition) is 6. The summed E-state index contributed by atoms with van der Waals surface area (Å²) in [4.78, 5) is 4.54. The molecule has 0 fully saturated rings. The second-order valence-electron chi connectivity index (χ2n) is 6.35. The van der Waals surface area contributed by atoms with Crippen LogP contribution in [0.15, 0.2) is 42.6 Å². The summed E-state index contributed by atoms with van der Waals surface area (Å²) in [6.07, 6.45) is 2.42. The van der Waals surface area contributed by atoms with Crippen molar-refractivity contribution < 1.29 is 9.47 Å². The summed E-state index contributed by atoms with van der Waals surface area (Å²) in [5, 5.41) is 22.0. The second kappa shape index (κ2) is 8.25. The fourth-order valence-electron chi connectivity index (χ4n) is 3.07. The molecule has 2 aromatic heterocycles. The molecule has 0 amide bonds. The molecule has 0 aliphatic carbocycles. The molecule has 0 atom stereocenters. The van der Waals surface area contributed by atoms with E-state index in [4.69, 9.17) is 21.1 Å². The van der Waals surface area contributed by atoms with Crippen molar-refractivity contribution in [3.8, 4) is 17.7 Å². The van der Waals surface area contributed by atoms with Crippen LogP contribution in [0.4, 0.5) is 11.4 Å². The fourth-order valence-corrected chi connectivity index (χ4v) is 3.18. The highest BCUT2D eigenvalue weighted by Gasteiger charge is 2.18. The number of methoxy groups -OCH3 is 1. The molecule has 0 bridgehead atoms. The Balaban J connectivity index is 1.86. The van der Waals surface area contributed by atoms with Gasteiger partial charge in [0.15, 0.2) is 0 Å². The third-order valence-corrected chi connectivity index (χ3v) is 4.77. The Labute approximate surface area is 172 Å². The molecule has 0 aliphatic rings. The van der Waals surface area contributed by atoms with E-state index in [9.17, 15) is 5.26 Å².